The van der Waals surface area contributed by atoms with E-state index in [1.807, 2.05) is 31.2 Å². The fraction of sp³-hybridized carbons (Fsp3) is 0.524. The Kier molecular flexibility index (Phi) is 5.98. The number of aryl methyl sites for hydroxylation is 1. The van der Waals surface area contributed by atoms with Gasteiger partial charge in [-0.1, -0.05) is 37.0 Å². The summed E-state index contributed by atoms with van der Waals surface area (Å²) in [6, 6.07) is 9.72. The van der Waals surface area contributed by atoms with Gasteiger partial charge in [0.2, 0.25) is 5.91 Å². The summed E-state index contributed by atoms with van der Waals surface area (Å²) in [7, 11) is 0. The maximum atomic E-state index is 12.3. The molecule has 0 bridgehead atoms. The first-order valence-electron chi connectivity index (χ1n) is 9.68. The highest BCUT2D eigenvalue weighted by molar-refractivity contribution is 5.99. The third-order valence-corrected chi connectivity index (χ3v) is 5.45. The molecule has 2 fully saturated rings. The van der Waals surface area contributed by atoms with E-state index in [9.17, 15) is 19.6 Å². The van der Waals surface area contributed by atoms with Crippen LogP contribution in [-0.4, -0.2) is 36.5 Å². The Bertz CT molecular complexity index is 791. The van der Waals surface area contributed by atoms with Gasteiger partial charge in [-0.3, -0.25) is 14.4 Å². The summed E-state index contributed by atoms with van der Waals surface area (Å²) >= 11 is 0. The largest absolute Gasteiger partial charge is 0.455 e. The van der Waals surface area contributed by atoms with Gasteiger partial charge in [-0.15, -0.1) is 0 Å². The topological polar surface area (TPSA) is 99.5 Å². The molecule has 1 saturated carbocycles. The Morgan fingerprint density at radius 3 is 2.57 bits per heavy atom. The maximum Gasteiger partial charge on any atom is 0.311 e. The van der Waals surface area contributed by atoms with Crippen LogP contribution < -0.4 is 10.2 Å². The first-order valence-corrected chi connectivity index (χ1v) is 9.68. The summed E-state index contributed by atoms with van der Waals surface area (Å²) in [5, 5.41) is 12.1. The van der Waals surface area contributed by atoms with Crippen molar-refractivity contribution in [1.82, 2.24) is 5.32 Å². The Balaban J connectivity index is 1.51. The van der Waals surface area contributed by atoms with Crippen molar-refractivity contribution in [2.75, 3.05) is 18.1 Å². The van der Waals surface area contributed by atoms with Crippen LogP contribution in [0, 0.1) is 24.2 Å². The van der Waals surface area contributed by atoms with E-state index in [4.69, 9.17) is 4.74 Å². The minimum atomic E-state index is -0.854. The van der Waals surface area contributed by atoms with E-state index in [0.29, 0.717) is 12.8 Å². The monoisotopic (exact) mass is 383 g/mol. The highest BCUT2D eigenvalue weighted by atomic mass is 16.5. The SMILES string of the molecule is Cc1ccc(N2C[C@H](C(=O)OCC(=O)NC3(C#N)CCCCC3)CC2=O)cc1. The van der Waals surface area contributed by atoms with E-state index in [-0.39, 0.29) is 18.9 Å². The minimum Gasteiger partial charge on any atom is -0.455 e. The Hall–Kier alpha value is -2.88. The first-order chi connectivity index (χ1) is 13.4. The van der Waals surface area contributed by atoms with Gasteiger partial charge in [-0.2, -0.15) is 5.26 Å². The zero-order valence-electron chi connectivity index (χ0n) is 16.1. The summed E-state index contributed by atoms with van der Waals surface area (Å²) < 4.78 is 5.13. The number of nitrogens with one attached hydrogen (secondary N) is 1. The van der Waals surface area contributed by atoms with Crippen LogP contribution >= 0.6 is 0 Å². The molecule has 3 rings (SSSR count). The van der Waals surface area contributed by atoms with E-state index in [0.717, 1.165) is 30.5 Å². The Labute approximate surface area is 164 Å². The van der Waals surface area contributed by atoms with E-state index in [2.05, 4.69) is 11.4 Å². The first kappa shape index (κ1) is 19.9. The number of nitrogens with zero attached hydrogens (tertiary/aromatic N) is 2. The van der Waals surface area contributed by atoms with Crippen LogP contribution in [0.3, 0.4) is 0 Å². The van der Waals surface area contributed by atoms with E-state index in [1.165, 1.54) is 0 Å². The second kappa shape index (κ2) is 8.42. The highest BCUT2D eigenvalue weighted by Crippen LogP contribution is 2.28. The number of rotatable bonds is 5. The fourth-order valence-electron chi connectivity index (χ4n) is 3.82. The third-order valence-electron chi connectivity index (χ3n) is 5.45. The third kappa shape index (κ3) is 4.50. The standard InChI is InChI=1S/C21H25N3O4/c1-15-5-7-17(8-6-15)24-12-16(11-19(24)26)20(27)28-13-18(25)23-21(14-22)9-3-2-4-10-21/h5-8,16H,2-4,9-13H2,1H3,(H,23,25)/t16-/m1/s1. The normalized spacial score (nSPS) is 21.1. The molecule has 1 atom stereocenters. The van der Waals surface area contributed by atoms with Crippen LogP contribution in [0.15, 0.2) is 24.3 Å². The van der Waals surface area contributed by atoms with Crippen molar-refractivity contribution in [3.8, 4) is 6.07 Å². The number of nitriles is 1. The predicted octanol–water partition coefficient (Wildman–Crippen LogP) is 2.23. The number of carbonyl (C=O) groups excluding carboxylic acids is 3. The van der Waals surface area contributed by atoms with E-state index in [1.54, 1.807) is 4.90 Å². The van der Waals surface area contributed by atoms with Crippen molar-refractivity contribution < 1.29 is 19.1 Å². The van der Waals surface area contributed by atoms with Gasteiger partial charge in [-0.05, 0) is 31.9 Å². The van der Waals surface area contributed by atoms with Gasteiger partial charge in [0, 0.05) is 18.7 Å². The quantitative estimate of drug-likeness (QED) is 0.786. The molecule has 2 aliphatic rings. The second-order valence-electron chi connectivity index (χ2n) is 7.65. The molecule has 1 N–H and O–H groups in total. The van der Waals surface area contributed by atoms with Crippen LogP contribution in [0.5, 0.6) is 0 Å². The second-order valence-corrected chi connectivity index (χ2v) is 7.65. The average Bonchev–Trinajstić information content (AvgIpc) is 3.09. The molecule has 1 heterocycles. The van der Waals surface area contributed by atoms with Crippen molar-refractivity contribution >= 4 is 23.5 Å². The van der Waals surface area contributed by atoms with Gasteiger partial charge in [0.1, 0.15) is 5.54 Å². The molecule has 1 aromatic carbocycles. The molecule has 0 spiro atoms. The van der Waals surface area contributed by atoms with Gasteiger partial charge in [0.25, 0.3) is 5.91 Å². The number of hydrogen-bond acceptors (Lipinski definition) is 5. The molecule has 1 aliphatic heterocycles. The zero-order chi connectivity index (χ0) is 20.1. The summed E-state index contributed by atoms with van der Waals surface area (Å²) in [4.78, 5) is 38.3. The molecule has 1 aliphatic carbocycles. The number of anilines is 1. The zero-order valence-corrected chi connectivity index (χ0v) is 16.1. The number of esters is 1. The minimum absolute atomic E-state index is 0.0659. The van der Waals surface area contributed by atoms with Gasteiger partial charge < -0.3 is 15.0 Å². The summed E-state index contributed by atoms with van der Waals surface area (Å²) in [5.41, 5.74) is 0.982. The van der Waals surface area contributed by atoms with Crippen LogP contribution in [0.2, 0.25) is 0 Å². The molecule has 148 valence electrons. The van der Waals surface area contributed by atoms with Gasteiger partial charge in [0.15, 0.2) is 6.61 Å². The molecule has 0 unspecified atom stereocenters. The smallest absolute Gasteiger partial charge is 0.311 e. The van der Waals surface area contributed by atoms with Gasteiger partial charge in [-0.25, -0.2) is 0 Å². The molecule has 1 saturated heterocycles. The molecule has 0 aromatic heterocycles. The van der Waals surface area contributed by atoms with Crippen LogP contribution in [0.4, 0.5) is 5.69 Å². The lowest BCUT2D eigenvalue weighted by Crippen LogP contribution is -2.50. The lowest BCUT2D eigenvalue weighted by molar-refractivity contribution is -0.152. The number of ether oxygens (including phenoxy) is 1. The molecule has 1 aromatic rings. The lowest BCUT2D eigenvalue weighted by atomic mass is 9.83. The van der Waals surface area contributed by atoms with Crippen LogP contribution in [0.25, 0.3) is 0 Å². The Morgan fingerprint density at radius 2 is 1.93 bits per heavy atom. The lowest BCUT2D eigenvalue weighted by Gasteiger charge is -2.31. The average molecular weight is 383 g/mol. The predicted molar refractivity (Wildman–Crippen MR) is 102 cm³/mol. The van der Waals surface area contributed by atoms with Crippen molar-refractivity contribution in [2.24, 2.45) is 5.92 Å². The van der Waals surface area contributed by atoms with E-state index < -0.39 is 29.9 Å². The van der Waals surface area contributed by atoms with Crippen molar-refractivity contribution in [3.63, 3.8) is 0 Å². The van der Waals surface area contributed by atoms with Crippen molar-refractivity contribution in [3.05, 3.63) is 29.8 Å². The number of hydrogen-bond donors (Lipinski definition) is 1. The number of benzene rings is 1. The van der Waals surface area contributed by atoms with Crippen LogP contribution in [0.1, 0.15) is 44.1 Å². The summed E-state index contributed by atoms with van der Waals surface area (Å²) in [5.74, 6) is -1.77. The molecule has 0 radical (unpaired) electrons. The van der Waals surface area contributed by atoms with Crippen molar-refractivity contribution in [1.29, 1.82) is 5.26 Å². The maximum absolute atomic E-state index is 12.3. The number of amides is 2. The van der Waals surface area contributed by atoms with Crippen LogP contribution in [-0.2, 0) is 19.1 Å². The summed E-state index contributed by atoms with van der Waals surface area (Å²) in [6.07, 6.45) is 4.15. The molecular weight excluding hydrogens is 358 g/mol. The molecule has 7 heteroatoms. The van der Waals surface area contributed by atoms with Crippen molar-refractivity contribution in [2.45, 2.75) is 51.0 Å². The van der Waals surface area contributed by atoms with E-state index >= 15 is 0 Å². The highest BCUT2D eigenvalue weighted by Gasteiger charge is 2.37. The number of carbonyl (C=O) groups is 3. The van der Waals surface area contributed by atoms with Gasteiger partial charge in [0.05, 0.1) is 12.0 Å². The molecular formula is C21H25N3O4. The molecule has 7 nitrogen and oxygen atoms in total. The van der Waals surface area contributed by atoms with Gasteiger partial charge >= 0.3 is 5.97 Å². The Morgan fingerprint density at radius 1 is 1.25 bits per heavy atom. The summed E-state index contributed by atoms with van der Waals surface area (Å²) in [6.45, 7) is 1.77. The molecule has 2 amide bonds. The fourth-order valence-corrected chi connectivity index (χ4v) is 3.82. The molecule has 28 heavy (non-hydrogen) atoms.